The van der Waals surface area contributed by atoms with Crippen LogP contribution in [0.25, 0.3) is 0 Å². The van der Waals surface area contributed by atoms with Gasteiger partial charge < -0.3 is 9.64 Å². The van der Waals surface area contributed by atoms with Crippen molar-refractivity contribution < 1.29 is 14.5 Å². The Labute approximate surface area is 145 Å². The number of hydrogen-bond acceptors (Lipinski definition) is 6. The van der Waals surface area contributed by atoms with E-state index >= 15 is 0 Å². The van der Waals surface area contributed by atoms with Crippen LogP contribution in [-0.4, -0.2) is 45.3 Å². The Morgan fingerprint density at radius 2 is 2.29 bits per heavy atom. The van der Waals surface area contributed by atoms with Gasteiger partial charge in [0.25, 0.3) is 0 Å². The minimum atomic E-state index is -0.507. The summed E-state index contributed by atoms with van der Waals surface area (Å²) in [6.45, 7) is 6.86. The maximum atomic E-state index is 12.2. The quantitative estimate of drug-likeness (QED) is 0.466. The molecule has 24 heavy (non-hydrogen) atoms. The van der Waals surface area contributed by atoms with Crippen LogP contribution in [0, 0.1) is 16.0 Å². The summed E-state index contributed by atoms with van der Waals surface area (Å²) in [5.74, 6) is 0.967. The molecule has 2 heterocycles. The predicted molar refractivity (Wildman–Crippen MR) is 92.1 cm³/mol. The number of aromatic nitrogens is 1. The number of thioether (sulfide) groups is 1. The van der Waals surface area contributed by atoms with Crippen molar-refractivity contribution in [2.45, 2.75) is 44.2 Å². The lowest BCUT2D eigenvalue weighted by Crippen LogP contribution is -2.43. The van der Waals surface area contributed by atoms with Crippen molar-refractivity contribution in [3.8, 4) is 0 Å². The van der Waals surface area contributed by atoms with E-state index < -0.39 is 10.5 Å². The topological polar surface area (TPSA) is 85.6 Å². The summed E-state index contributed by atoms with van der Waals surface area (Å²) in [5, 5.41) is 11.5. The Bertz CT molecular complexity index is 603. The molecule has 1 amide bonds. The number of piperidine rings is 1. The molecule has 1 aliphatic heterocycles. The molecule has 0 aliphatic carbocycles. The molecule has 7 nitrogen and oxygen atoms in total. The fraction of sp³-hybridized carbons (Fsp3) is 0.625. The molecule has 0 radical (unpaired) electrons. The van der Waals surface area contributed by atoms with Gasteiger partial charge in [-0.15, -0.1) is 0 Å². The highest BCUT2D eigenvalue weighted by Crippen LogP contribution is 2.30. The predicted octanol–water partition coefficient (Wildman–Crippen LogP) is 3.73. The van der Waals surface area contributed by atoms with Crippen LogP contribution in [0.1, 0.15) is 33.6 Å². The van der Waals surface area contributed by atoms with Crippen LogP contribution in [0.3, 0.4) is 0 Å². The first kappa shape index (κ1) is 18.5. The third kappa shape index (κ3) is 5.36. The number of carbonyl (C=O) groups excluding carboxylic acids is 1. The molecule has 0 bridgehead atoms. The van der Waals surface area contributed by atoms with Crippen molar-refractivity contribution in [2.24, 2.45) is 5.92 Å². The molecule has 0 spiro atoms. The Morgan fingerprint density at radius 3 is 2.96 bits per heavy atom. The summed E-state index contributed by atoms with van der Waals surface area (Å²) in [5.41, 5.74) is -0.477. The van der Waals surface area contributed by atoms with Gasteiger partial charge in [-0.25, -0.2) is 9.78 Å². The zero-order valence-electron chi connectivity index (χ0n) is 14.2. The highest BCUT2D eigenvalue weighted by molar-refractivity contribution is 7.99. The Hall–Kier alpha value is -1.83. The molecular formula is C16H23N3O4S. The number of ether oxygens (including phenoxy) is 1. The molecule has 0 saturated carbocycles. The van der Waals surface area contributed by atoms with E-state index in [0.717, 1.165) is 12.8 Å². The second-order valence-corrected chi connectivity index (χ2v) is 7.84. The number of likely N-dealkylation sites (tertiary alicyclic amines) is 1. The molecule has 8 heteroatoms. The Balaban J connectivity index is 1.92. The van der Waals surface area contributed by atoms with Crippen molar-refractivity contribution >= 4 is 23.5 Å². The minimum Gasteiger partial charge on any atom is -0.444 e. The smallest absolute Gasteiger partial charge is 0.410 e. The maximum Gasteiger partial charge on any atom is 0.410 e. The van der Waals surface area contributed by atoms with Gasteiger partial charge in [0.15, 0.2) is 5.03 Å². The summed E-state index contributed by atoms with van der Waals surface area (Å²) in [6.07, 6.45) is 3.17. The van der Waals surface area contributed by atoms with Gasteiger partial charge in [0.05, 0.1) is 4.92 Å². The van der Waals surface area contributed by atoms with Gasteiger partial charge in [0, 0.05) is 31.1 Å². The van der Waals surface area contributed by atoms with Crippen LogP contribution < -0.4 is 0 Å². The van der Waals surface area contributed by atoms with Gasteiger partial charge in [-0.05, 0) is 45.6 Å². The summed E-state index contributed by atoms with van der Waals surface area (Å²) >= 11 is 1.38. The van der Waals surface area contributed by atoms with Crippen molar-refractivity contribution in [3.05, 3.63) is 28.4 Å². The molecule has 132 valence electrons. The SMILES string of the molecule is CC(C)(C)OC(=O)N1CCCC(CSc2ncccc2[N+](=O)[O-])C1. The highest BCUT2D eigenvalue weighted by atomic mass is 32.2. The fourth-order valence-electron chi connectivity index (χ4n) is 2.52. The zero-order valence-corrected chi connectivity index (χ0v) is 15.0. The van der Waals surface area contributed by atoms with Gasteiger partial charge in [-0.2, -0.15) is 0 Å². The maximum absolute atomic E-state index is 12.2. The normalized spacial score (nSPS) is 18.3. The molecule has 0 N–H and O–H groups in total. The standard InChI is InChI=1S/C16H23N3O4S/c1-16(2,3)23-15(20)18-9-5-6-12(10-18)11-24-14-13(19(21)22)7-4-8-17-14/h4,7-8,12H,5-6,9-11H2,1-3H3. The van der Waals surface area contributed by atoms with Crippen LogP contribution in [0.5, 0.6) is 0 Å². The molecule has 1 saturated heterocycles. The van der Waals surface area contributed by atoms with Gasteiger partial charge >= 0.3 is 11.8 Å². The molecule has 1 aromatic heterocycles. The van der Waals surface area contributed by atoms with E-state index in [9.17, 15) is 14.9 Å². The molecule has 0 aromatic carbocycles. The monoisotopic (exact) mass is 353 g/mol. The Morgan fingerprint density at radius 1 is 1.54 bits per heavy atom. The molecule has 1 atom stereocenters. The van der Waals surface area contributed by atoms with Crippen LogP contribution in [0.15, 0.2) is 23.4 Å². The Kier molecular flexibility index (Phi) is 6.04. The molecule has 1 unspecified atom stereocenters. The third-order valence-electron chi connectivity index (χ3n) is 3.57. The van der Waals surface area contributed by atoms with Gasteiger partial charge in [-0.3, -0.25) is 10.1 Å². The van der Waals surface area contributed by atoms with Gasteiger partial charge in [-0.1, -0.05) is 11.8 Å². The number of hydrogen-bond donors (Lipinski definition) is 0. The van der Waals surface area contributed by atoms with Crippen molar-refractivity contribution in [2.75, 3.05) is 18.8 Å². The number of nitro groups is 1. The van der Waals surface area contributed by atoms with E-state index in [4.69, 9.17) is 4.74 Å². The minimum absolute atomic E-state index is 0.0299. The number of amides is 1. The second kappa shape index (κ2) is 7.83. The summed E-state index contributed by atoms with van der Waals surface area (Å²) < 4.78 is 5.42. The van der Waals surface area contributed by atoms with Crippen molar-refractivity contribution in [1.82, 2.24) is 9.88 Å². The first-order valence-electron chi connectivity index (χ1n) is 7.96. The van der Waals surface area contributed by atoms with E-state index in [0.29, 0.717) is 23.9 Å². The van der Waals surface area contributed by atoms with E-state index in [1.54, 1.807) is 17.2 Å². The van der Waals surface area contributed by atoms with E-state index in [-0.39, 0.29) is 17.7 Å². The lowest BCUT2D eigenvalue weighted by Gasteiger charge is -2.34. The van der Waals surface area contributed by atoms with Gasteiger partial charge in [0.2, 0.25) is 0 Å². The average molecular weight is 353 g/mol. The first-order valence-corrected chi connectivity index (χ1v) is 8.95. The lowest BCUT2D eigenvalue weighted by atomic mass is 10.0. The molecular weight excluding hydrogens is 330 g/mol. The van der Waals surface area contributed by atoms with Crippen LogP contribution in [0.2, 0.25) is 0 Å². The summed E-state index contributed by atoms with van der Waals surface area (Å²) in [7, 11) is 0. The number of pyridine rings is 1. The summed E-state index contributed by atoms with van der Waals surface area (Å²) in [4.78, 5) is 28.6. The number of rotatable bonds is 4. The second-order valence-electron chi connectivity index (χ2n) is 6.83. The van der Waals surface area contributed by atoms with Crippen molar-refractivity contribution in [3.63, 3.8) is 0 Å². The van der Waals surface area contributed by atoms with E-state index in [1.807, 2.05) is 20.8 Å². The van der Waals surface area contributed by atoms with Crippen molar-refractivity contribution in [1.29, 1.82) is 0 Å². The fourth-order valence-corrected chi connectivity index (χ4v) is 3.61. The average Bonchev–Trinajstić information content (AvgIpc) is 2.52. The third-order valence-corrected chi connectivity index (χ3v) is 4.80. The zero-order chi connectivity index (χ0) is 17.7. The first-order chi connectivity index (χ1) is 11.3. The lowest BCUT2D eigenvalue weighted by molar-refractivity contribution is -0.388. The van der Waals surface area contributed by atoms with Crippen LogP contribution in [0.4, 0.5) is 10.5 Å². The molecule has 1 aliphatic rings. The van der Waals surface area contributed by atoms with Crippen LogP contribution >= 0.6 is 11.8 Å². The van der Waals surface area contributed by atoms with Crippen LogP contribution in [-0.2, 0) is 4.74 Å². The highest BCUT2D eigenvalue weighted by Gasteiger charge is 2.28. The van der Waals surface area contributed by atoms with Gasteiger partial charge in [0.1, 0.15) is 5.60 Å². The largest absolute Gasteiger partial charge is 0.444 e. The van der Waals surface area contributed by atoms with E-state index in [2.05, 4.69) is 4.98 Å². The number of nitrogens with zero attached hydrogens (tertiary/aromatic N) is 3. The number of carbonyl (C=O) groups is 1. The molecule has 1 fully saturated rings. The molecule has 2 rings (SSSR count). The van der Waals surface area contributed by atoms with E-state index in [1.165, 1.54) is 17.8 Å². The summed E-state index contributed by atoms with van der Waals surface area (Å²) in [6, 6.07) is 3.02. The molecule has 1 aromatic rings.